The lowest BCUT2D eigenvalue weighted by Crippen LogP contribution is -2.40. The van der Waals surface area contributed by atoms with Crippen LogP contribution in [-0.2, 0) is 21.2 Å². The third-order valence-corrected chi connectivity index (χ3v) is 8.42. The van der Waals surface area contributed by atoms with Crippen LogP contribution in [0.15, 0.2) is 54.6 Å². The van der Waals surface area contributed by atoms with Crippen LogP contribution < -0.4 is 4.72 Å². The first-order valence-corrected chi connectivity index (χ1v) is 12.9. The van der Waals surface area contributed by atoms with Crippen LogP contribution in [0.3, 0.4) is 0 Å². The predicted molar refractivity (Wildman–Crippen MR) is 129 cm³/mol. The van der Waals surface area contributed by atoms with E-state index in [1.807, 2.05) is 10.8 Å². The van der Waals surface area contributed by atoms with Crippen LogP contribution in [0.5, 0.6) is 5.75 Å². The molecule has 2 N–H and O–H groups in total. The lowest BCUT2D eigenvalue weighted by molar-refractivity contribution is -0.119. The van der Waals surface area contributed by atoms with E-state index in [0.717, 1.165) is 18.4 Å². The maximum absolute atomic E-state index is 12.0. The van der Waals surface area contributed by atoms with Gasteiger partial charge in [-0.05, 0) is 77.3 Å². The van der Waals surface area contributed by atoms with E-state index in [0.29, 0.717) is 5.56 Å². The van der Waals surface area contributed by atoms with Gasteiger partial charge >= 0.3 is 0 Å². The van der Waals surface area contributed by atoms with Crippen molar-refractivity contribution >= 4 is 15.9 Å². The molecule has 0 spiro atoms. The standard InChI is InChI=1S/C27H27NO4S/c1-16-5-3-6-17(2)27(16)24-8-4-7-22-20(11-12-23(22)24)18-9-10-21(25(29)13-18)19-14-26(30)28-33(31,32)15-19/h3-10,13,19-20,29H,11-12,14-15H2,1-2H3,(H,28,30)/t19?,20-/m1/s1. The van der Waals surface area contributed by atoms with Crippen molar-refractivity contribution in [3.63, 3.8) is 0 Å². The van der Waals surface area contributed by atoms with Gasteiger partial charge in [-0.2, -0.15) is 0 Å². The molecule has 170 valence electrons. The number of hydrogen-bond acceptors (Lipinski definition) is 4. The summed E-state index contributed by atoms with van der Waals surface area (Å²) in [4.78, 5) is 11.8. The number of benzene rings is 3. The summed E-state index contributed by atoms with van der Waals surface area (Å²) in [5.74, 6) is -1.04. The van der Waals surface area contributed by atoms with Crippen molar-refractivity contribution in [3.8, 4) is 16.9 Å². The smallest absolute Gasteiger partial charge is 0.235 e. The predicted octanol–water partition coefficient (Wildman–Crippen LogP) is 4.69. The number of sulfonamides is 1. The quantitative estimate of drug-likeness (QED) is 0.593. The van der Waals surface area contributed by atoms with Crippen LogP contribution in [-0.4, -0.2) is 25.2 Å². The highest BCUT2D eigenvalue weighted by Gasteiger charge is 2.33. The molecule has 1 aliphatic heterocycles. The summed E-state index contributed by atoms with van der Waals surface area (Å²) >= 11 is 0. The highest BCUT2D eigenvalue weighted by atomic mass is 32.2. The number of aromatic hydroxyl groups is 1. The number of nitrogens with one attached hydrogen (secondary N) is 1. The molecule has 1 aliphatic carbocycles. The highest BCUT2D eigenvalue weighted by Crippen LogP contribution is 2.45. The third kappa shape index (κ3) is 3.93. The van der Waals surface area contributed by atoms with Gasteiger partial charge in [0.1, 0.15) is 5.75 Å². The van der Waals surface area contributed by atoms with E-state index in [-0.39, 0.29) is 23.8 Å². The normalized spacial score (nSPS) is 21.5. The minimum absolute atomic E-state index is 0.0531. The van der Waals surface area contributed by atoms with Gasteiger partial charge in [-0.25, -0.2) is 8.42 Å². The molecule has 33 heavy (non-hydrogen) atoms. The van der Waals surface area contributed by atoms with Crippen molar-refractivity contribution in [2.24, 2.45) is 0 Å². The molecule has 1 fully saturated rings. The minimum Gasteiger partial charge on any atom is -0.508 e. The zero-order valence-electron chi connectivity index (χ0n) is 18.8. The Balaban J connectivity index is 1.50. The highest BCUT2D eigenvalue weighted by molar-refractivity contribution is 7.90. The van der Waals surface area contributed by atoms with Gasteiger partial charge < -0.3 is 5.11 Å². The Bertz CT molecular complexity index is 1360. The average Bonchev–Trinajstić information content (AvgIpc) is 3.17. The average molecular weight is 462 g/mol. The maximum atomic E-state index is 12.0. The molecule has 3 aromatic carbocycles. The number of carbonyl (C=O) groups excluding carboxylic acids is 1. The van der Waals surface area contributed by atoms with Crippen LogP contribution in [0.2, 0.25) is 0 Å². The van der Waals surface area contributed by atoms with Gasteiger partial charge in [-0.15, -0.1) is 0 Å². The first kappa shape index (κ1) is 21.7. The van der Waals surface area contributed by atoms with Crippen molar-refractivity contribution in [2.45, 2.75) is 44.9 Å². The maximum Gasteiger partial charge on any atom is 0.235 e. The van der Waals surface area contributed by atoms with E-state index in [4.69, 9.17) is 0 Å². The van der Waals surface area contributed by atoms with Crippen molar-refractivity contribution in [1.29, 1.82) is 0 Å². The van der Waals surface area contributed by atoms with E-state index >= 15 is 0 Å². The first-order chi connectivity index (χ1) is 15.7. The van der Waals surface area contributed by atoms with Gasteiger partial charge in [0.05, 0.1) is 5.75 Å². The largest absolute Gasteiger partial charge is 0.508 e. The van der Waals surface area contributed by atoms with Gasteiger partial charge in [0.25, 0.3) is 0 Å². The molecule has 1 unspecified atom stereocenters. The molecule has 2 aliphatic rings. The van der Waals surface area contributed by atoms with E-state index in [1.165, 1.54) is 33.4 Å². The zero-order chi connectivity index (χ0) is 23.3. The number of phenols is 1. The SMILES string of the molecule is Cc1cccc(C)c1-c1cccc2c1CC[C@@H]2c1ccc(C2CC(=O)NS(=O)(=O)C2)c(O)c1. The summed E-state index contributed by atoms with van der Waals surface area (Å²) in [5.41, 5.74) is 9.27. The number of phenolic OH excluding ortho intramolecular Hbond substituents is 1. The molecule has 1 amide bonds. The van der Waals surface area contributed by atoms with E-state index < -0.39 is 21.8 Å². The van der Waals surface area contributed by atoms with Crippen LogP contribution in [0, 0.1) is 13.8 Å². The molecular formula is C27H27NO4S. The first-order valence-electron chi connectivity index (χ1n) is 11.3. The van der Waals surface area contributed by atoms with Crippen LogP contribution in [0.4, 0.5) is 0 Å². The number of hydrogen-bond donors (Lipinski definition) is 2. The minimum atomic E-state index is -3.66. The van der Waals surface area contributed by atoms with Crippen molar-refractivity contribution < 1.29 is 18.3 Å². The zero-order valence-corrected chi connectivity index (χ0v) is 19.6. The number of aryl methyl sites for hydroxylation is 2. The Hall–Kier alpha value is -3.12. The molecule has 6 heteroatoms. The monoisotopic (exact) mass is 461 g/mol. The summed E-state index contributed by atoms with van der Waals surface area (Å²) in [7, 11) is -3.66. The Morgan fingerprint density at radius 1 is 0.970 bits per heavy atom. The summed E-state index contributed by atoms with van der Waals surface area (Å²) in [5, 5.41) is 10.8. The Kier molecular flexibility index (Phi) is 5.28. The van der Waals surface area contributed by atoms with E-state index in [2.05, 4.69) is 50.2 Å². The molecule has 5 rings (SSSR count). The molecule has 5 nitrogen and oxygen atoms in total. The molecule has 0 aromatic heterocycles. The Morgan fingerprint density at radius 3 is 2.39 bits per heavy atom. The summed E-state index contributed by atoms with van der Waals surface area (Å²) in [6.07, 6.45) is 1.97. The molecular weight excluding hydrogens is 434 g/mol. The molecule has 1 saturated heterocycles. The second-order valence-electron chi connectivity index (χ2n) is 9.26. The fraction of sp³-hybridized carbons (Fsp3) is 0.296. The molecule has 0 radical (unpaired) electrons. The van der Waals surface area contributed by atoms with Gasteiger partial charge in [0, 0.05) is 18.3 Å². The van der Waals surface area contributed by atoms with Crippen molar-refractivity contribution in [1.82, 2.24) is 4.72 Å². The van der Waals surface area contributed by atoms with Crippen LogP contribution in [0.25, 0.3) is 11.1 Å². The second kappa shape index (κ2) is 8.03. The number of carbonyl (C=O) groups is 1. The summed E-state index contributed by atoms with van der Waals surface area (Å²) in [6, 6.07) is 18.4. The van der Waals surface area contributed by atoms with Gasteiger partial charge in [-0.3, -0.25) is 9.52 Å². The molecule has 2 atom stereocenters. The van der Waals surface area contributed by atoms with Crippen molar-refractivity contribution in [2.75, 3.05) is 5.75 Å². The van der Waals surface area contributed by atoms with E-state index in [9.17, 15) is 18.3 Å². The molecule has 3 aromatic rings. The Morgan fingerprint density at radius 2 is 1.70 bits per heavy atom. The molecule has 1 heterocycles. The van der Waals surface area contributed by atoms with Gasteiger partial charge in [-0.1, -0.05) is 48.5 Å². The van der Waals surface area contributed by atoms with Crippen molar-refractivity contribution in [3.05, 3.63) is 88.0 Å². The van der Waals surface area contributed by atoms with Crippen LogP contribution >= 0.6 is 0 Å². The van der Waals surface area contributed by atoms with E-state index in [1.54, 1.807) is 12.1 Å². The fourth-order valence-electron chi connectivity index (χ4n) is 5.60. The van der Waals surface area contributed by atoms with Gasteiger partial charge in [0.15, 0.2) is 0 Å². The Labute approximate surface area is 194 Å². The fourth-order valence-corrected chi connectivity index (χ4v) is 6.94. The summed E-state index contributed by atoms with van der Waals surface area (Å²) in [6.45, 7) is 4.30. The molecule has 0 saturated carbocycles. The number of amides is 1. The second-order valence-corrected chi connectivity index (χ2v) is 11.0. The third-order valence-electron chi connectivity index (χ3n) is 7.04. The van der Waals surface area contributed by atoms with Crippen LogP contribution in [0.1, 0.15) is 58.1 Å². The molecule has 0 bridgehead atoms. The number of fused-ring (bicyclic) bond motifs is 1. The van der Waals surface area contributed by atoms with Gasteiger partial charge in [0.2, 0.25) is 15.9 Å². The lowest BCUT2D eigenvalue weighted by atomic mass is 9.87. The summed E-state index contributed by atoms with van der Waals surface area (Å²) < 4.78 is 25.9. The lowest BCUT2D eigenvalue weighted by Gasteiger charge is -2.24. The number of rotatable bonds is 3. The topological polar surface area (TPSA) is 83.5 Å².